The monoisotopic (exact) mass is 343 g/mol. The molecule has 0 spiro atoms. The molecule has 0 saturated heterocycles. The molecule has 0 N–H and O–H groups in total. The van der Waals surface area contributed by atoms with Crippen molar-refractivity contribution >= 4 is 11.6 Å². The summed E-state index contributed by atoms with van der Waals surface area (Å²) in [6.45, 7) is 4.41. The molecule has 1 aromatic carbocycles. The topological polar surface area (TPSA) is 67.9 Å². The van der Waals surface area contributed by atoms with Gasteiger partial charge in [-0.1, -0.05) is 22.4 Å². The van der Waals surface area contributed by atoms with E-state index in [0.717, 1.165) is 11.3 Å². The number of nitrogens with zero attached hydrogens (tertiary/aromatic N) is 3. The molecule has 0 aliphatic carbocycles. The maximum atomic E-state index is 14.1. The third-order valence-electron chi connectivity index (χ3n) is 4.69. The first-order valence-electron chi connectivity index (χ1n) is 8.21. The van der Waals surface area contributed by atoms with Gasteiger partial charge in [-0.3, -0.25) is 4.79 Å². The highest BCUT2D eigenvalue weighted by Gasteiger charge is 2.44. The summed E-state index contributed by atoms with van der Waals surface area (Å²) in [5.74, 6) is 0.212. The second-order valence-corrected chi connectivity index (χ2v) is 6.71. The van der Waals surface area contributed by atoms with Crippen molar-refractivity contribution in [3.63, 3.8) is 0 Å². The fraction of sp³-hybridized carbons (Fsp3) is 0.389. The molecule has 1 amide bonds. The molecule has 3 heterocycles. The number of rotatable bonds is 2. The molecule has 6 nitrogen and oxygen atoms in total. The molecule has 0 fully saturated rings. The number of carbonyl (C=O) groups is 1. The molecular formula is C18H18FN3O3. The van der Waals surface area contributed by atoms with E-state index < -0.39 is 5.60 Å². The number of hydrogen-bond acceptors (Lipinski definition) is 5. The Bertz CT molecular complexity index is 876. The Morgan fingerprint density at radius 3 is 2.88 bits per heavy atom. The van der Waals surface area contributed by atoms with Gasteiger partial charge in [0.1, 0.15) is 17.3 Å². The molecule has 130 valence electrons. The van der Waals surface area contributed by atoms with E-state index in [-0.39, 0.29) is 11.7 Å². The zero-order valence-corrected chi connectivity index (χ0v) is 14.1. The first-order chi connectivity index (χ1) is 12.0. The Balaban J connectivity index is 1.62. The minimum absolute atomic E-state index is 0.126. The number of carbonyl (C=O) groups excluding carboxylic acids is 1. The van der Waals surface area contributed by atoms with E-state index in [2.05, 4.69) is 10.3 Å². The van der Waals surface area contributed by atoms with Crippen molar-refractivity contribution in [2.45, 2.75) is 38.8 Å². The molecule has 25 heavy (non-hydrogen) atoms. The van der Waals surface area contributed by atoms with Crippen LogP contribution in [0.5, 0.6) is 0 Å². The first kappa shape index (κ1) is 15.8. The van der Waals surface area contributed by atoms with Crippen LogP contribution in [0.25, 0.3) is 11.3 Å². The number of hydrogen-bond donors (Lipinski definition) is 0. The van der Waals surface area contributed by atoms with Crippen molar-refractivity contribution in [2.75, 3.05) is 6.54 Å². The number of benzene rings is 1. The van der Waals surface area contributed by atoms with Crippen molar-refractivity contribution < 1.29 is 18.5 Å². The quantitative estimate of drug-likeness (QED) is 0.841. The first-order valence-corrected chi connectivity index (χ1v) is 8.21. The Morgan fingerprint density at radius 2 is 2.16 bits per heavy atom. The zero-order valence-electron chi connectivity index (χ0n) is 14.1. The van der Waals surface area contributed by atoms with E-state index in [4.69, 9.17) is 9.36 Å². The average molecular weight is 343 g/mol. The lowest BCUT2D eigenvalue weighted by molar-refractivity contribution is -0.154. The Hall–Kier alpha value is -2.70. The largest absolute Gasteiger partial charge is 0.379 e. The highest BCUT2D eigenvalue weighted by molar-refractivity contribution is 5.94. The van der Waals surface area contributed by atoms with Gasteiger partial charge in [0.15, 0.2) is 0 Å². The van der Waals surface area contributed by atoms with E-state index in [1.165, 1.54) is 6.07 Å². The van der Waals surface area contributed by atoms with Crippen LogP contribution in [0.4, 0.5) is 4.39 Å². The van der Waals surface area contributed by atoms with Crippen LogP contribution in [0.1, 0.15) is 31.6 Å². The molecule has 7 heteroatoms. The number of fused-ring (bicyclic) bond motifs is 1. The second-order valence-electron chi connectivity index (χ2n) is 6.71. The maximum absolute atomic E-state index is 14.1. The third kappa shape index (κ3) is 2.59. The van der Waals surface area contributed by atoms with Crippen molar-refractivity contribution in [3.05, 3.63) is 41.4 Å². The minimum Gasteiger partial charge on any atom is -0.379 e. The van der Waals surface area contributed by atoms with Crippen LogP contribution in [0.15, 0.2) is 33.9 Å². The molecule has 4 rings (SSSR count). The molecule has 2 aliphatic rings. The molecule has 1 aromatic heterocycles. The van der Waals surface area contributed by atoms with Gasteiger partial charge in [-0.15, -0.1) is 0 Å². The Labute approximate surface area is 144 Å². The van der Waals surface area contributed by atoms with Gasteiger partial charge >= 0.3 is 0 Å². The fourth-order valence-corrected chi connectivity index (χ4v) is 3.43. The lowest BCUT2D eigenvalue weighted by Gasteiger charge is -2.32. The third-order valence-corrected chi connectivity index (χ3v) is 4.69. The van der Waals surface area contributed by atoms with Gasteiger partial charge in [-0.25, -0.2) is 4.39 Å². The lowest BCUT2D eigenvalue weighted by atomic mass is 9.95. The van der Waals surface area contributed by atoms with E-state index in [0.29, 0.717) is 42.9 Å². The summed E-state index contributed by atoms with van der Waals surface area (Å²) in [5.41, 5.74) is 1.41. The van der Waals surface area contributed by atoms with Gasteiger partial charge in [0, 0.05) is 30.5 Å². The van der Waals surface area contributed by atoms with Crippen molar-refractivity contribution in [3.8, 4) is 11.3 Å². The van der Waals surface area contributed by atoms with Gasteiger partial charge in [-0.05, 0) is 26.0 Å². The van der Waals surface area contributed by atoms with Crippen molar-refractivity contribution in [1.82, 2.24) is 10.1 Å². The van der Waals surface area contributed by atoms with Crippen LogP contribution < -0.4 is 0 Å². The normalized spacial score (nSPS) is 22.4. The van der Waals surface area contributed by atoms with Crippen molar-refractivity contribution in [1.29, 1.82) is 0 Å². The smallest absolute Gasteiger partial charge is 0.270 e. The van der Waals surface area contributed by atoms with Crippen LogP contribution in [0, 0.1) is 5.82 Å². The minimum atomic E-state index is -0.975. The fourth-order valence-electron chi connectivity index (χ4n) is 3.43. The molecule has 2 aromatic rings. The summed E-state index contributed by atoms with van der Waals surface area (Å²) < 4.78 is 19.5. The standard InChI is InChI=1S/C18H18FN3O3/c1-11-9-18(2,25-20-11)17(23)22-8-7-15-13(10-22)16(21-24-15)12-5-3-4-6-14(12)19/h3-6H,7-10H2,1-2H3/t18-/m1/s1. The Morgan fingerprint density at radius 1 is 1.36 bits per heavy atom. The molecule has 1 atom stereocenters. The van der Waals surface area contributed by atoms with Gasteiger partial charge < -0.3 is 14.3 Å². The van der Waals surface area contributed by atoms with Gasteiger partial charge in [0.25, 0.3) is 5.91 Å². The summed E-state index contributed by atoms with van der Waals surface area (Å²) in [6, 6.07) is 6.42. The van der Waals surface area contributed by atoms with E-state index in [1.807, 2.05) is 6.92 Å². The van der Waals surface area contributed by atoms with Crippen LogP contribution >= 0.6 is 0 Å². The number of aromatic nitrogens is 1. The molecule has 0 unspecified atom stereocenters. The predicted octanol–water partition coefficient (Wildman–Crippen LogP) is 2.92. The van der Waals surface area contributed by atoms with Crippen LogP contribution in [0.3, 0.4) is 0 Å². The Kier molecular flexibility index (Phi) is 3.59. The van der Waals surface area contributed by atoms with E-state index >= 15 is 0 Å². The number of amides is 1. The summed E-state index contributed by atoms with van der Waals surface area (Å²) >= 11 is 0. The summed E-state index contributed by atoms with van der Waals surface area (Å²) in [7, 11) is 0. The summed E-state index contributed by atoms with van der Waals surface area (Å²) in [4.78, 5) is 20.0. The number of oxime groups is 1. The van der Waals surface area contributed by atoms with Crippen LogP contribution in [-0.2, 0) is 22.6 Å². The van der Waals surface area contributed by atoms with Gasteiger partial charge in [0.2, 0.25) is 5.60 Å². The maximum Gasteiger partial charge on any atom is 0.270 e. The molecule has 0 bridgehead atoms. The molecule has 0 saturated carbocycles. The lowest BCUT2D eigenvalue weighted by Crippen LogP contribution is -2.48. The molecular weight excluding hydrogens is 325 g/mol. The highest BCUT2D eigenvalue weighted by atomic mass is 19.1. The summed E-state index contributed by atoms with van der Waals surface area (Å²) in [6.07, 6.45) is 1.01. The van der Waals surface area contributed by atoms with E-state index in [1.54, 1.807) is 30.0 Å². The highest BCUT2D eigenvalue weighted by Crippen LogP contribution is 2.33. The zero-order chi connectivity index (χ0) is 17.6. The van der Waals surface area contributed by atoms with Gasteiger partial charge in [-0.2, -0.15) is 0 Å². The second kappa shape index (κ2) is 5.68. The predicted molar refractivity (Wildman–Crippen MR) is 88.2 cm³/mol. The SMILES string of the molecule is CC1=NO[C@@](C)(C(=O)N2CCc3onc(-c4ccccc4F)c3C2)C1. The number of halogens is 1. The van der Waals surface area contributed by atoms with Gasteiger partial charge in [0.05, 0.1) is 12.3 Å². The van der Waals surface area contributed by atoms with E-state index in [9.17, 15) is 9.18 Å². The molecule has 2 aliphatic heterocycles. The van der Waals surface area contributed by atoms with Crippen LogP contribution in [0.2, 0.25) is 0 Å². The molecule has 0 radical (unpaired) electrons. The average Bonchev–Trinajstić information content (AvgIpc) is 3.18. The summed E-state index contributed by atoms with van der Waals surface area (Å²) in [5, 5.41) is 7.95. The van der Waals surface area contributed by atoms with Crippen LogP contribution in [-0.4, -0.2) is 33.8 Å². The van der Waals surface area contributed by atoms with Crippen molar-refractivity contribution in [2.24, 2.45) is 5.16 Å².